The lowest BCUT2D eigenvalue weighted by Gasteiger charge is -2.23. The van der Waals surface area contributed by atoms with Crippen LogP contribution in [0.1, 0.15) is 17.9 Å². The van der Waals surface area contributed by atoms with Gasteiger partial charge in [0.15, 0.2) is 0 Å². The molecule has 2 rings (SSSR count). The van der Waals surface area contributed by atoms with Crippen LogP contribution in [0.2, 0.25) is 0 Å². The molecule has 0 aromatic carbocycles. The number of hydrogen-bond donors (Lipinski definition) is 0. The van der Waals surface area contributed by atoms with Gasteiger partial charge in [-0.2, -0.15) is 0 Å². The largest absolute Gasteiger partial charge is 0.469 e. The molecule has 0 fully saturated rings. The van der Waals surface area contributed by atoms with Crippen molar-refractivity contribution in [3.05, 3.63) is 16.1 Å². The summed E-state index contributed by atoms with van der Waals surface area (Å²) in [4.78, 5) is 15.8. The average molecular weight is 273 g/mol. The molecule has 4 nitrogen and oxygen atoms in total. The normalized spacial score (nSPS) is 19.8. The molecule has 0 spiro atoms. The molecule has 1 unspecified atom stereocenters. The number of halogens is 1. The molecule has 1 aliphatic rings. The number of nitrogens with zero attached hydrogens (tertiary/aromatic N) is 2. The summed E-state index contributed by atoms with van der Waals surface area (Å²) < 4.78 is 7.77. The topological polar surface area (TPSA) is 44.1 Å². The first-order chi connectivity index (χ1) is 7.13. The van der Waals surface area contributed by atoms with Crippen LogP contribution in [-0.2, 0) is 22.5 Å². The van der Waals surface area contributed by atoms with Gasteiger partial charge in [0, 0.05) is 6.54 Å². The third-order valence-electron chi connectivity index (χ3n) is 2.88. The van der Waals surface area contributed by atoms with Gasteiger partial charge in [-0.05, 0) is 35.7 Å². The Hall–Kier alpha value is -0.840. The van der Waals surface area contributed by atoms with Crippen molar-refractivity contribution in [2.45, 2.75) is 26.3 Å². The van der Waals surface area contributed by atoms with Gasteiger partial charge in [-0.25, -0.2) is 4.98 Å². The van der Waals surface area contributed by atoms with Crippen molar-refractivity contribution in [1.29, 1.82) is 0 Å². The fraction of sp³-hybridized carbons (Fsp3) is 0.600. The van der Waals surface area contributed by atoms with Gasteiger partial charge in [0.25, 0.3) is 0 Å². The molecule has 5 heteroatoms. The Morgan fingerprint density at radius 2 is 2.40 bits per heavy atom. The van der Waals surface area contributed by atoms with Crippen molar-refractivity contribution < 1.29 is 9.53 Å². The van der Waals surface area contributed by atoms with Gasteiger partial charge in [-0.3, -0.25) is 4.79 Å². The molecule has 1 atom stereocenters. The van der Waals surface area contributed by atoms with Crippen LogP contribution in [0.3, 0.4) is 0 Å². The average Bonchev–Trinajstić information content (AvgIpc) is 2.53. The Balaban J connectivity index is 2.26. The number of aryl methyl sites for hydroxylation is 1. The molecular weight excluding hydrogens is 260 g/mol. The number of rotatable bonds is 1. The molecule has 0 aliphatic carbocycles. The Morgan fingerprint density at radius 3 is 3.07 bits per heavy atom. The zero-order chi connectivity index (χ0) is 11.0. The van der Waals surface area contributed by atoms with E-state index in [2.05, 4.69) is 25.5 Å². The monoisotopic (exact) mass is 272 g/mol. The van der Waals surface area contributed by atoms with Gasteiger partial charge < -0.3 is 9.30 Å². The molecule has 0 saturated heterocycles. The molecule has 0 N–H and O–H groups in total. The summed E-state index contributed by atoms with van der Waals surface area (Å²) in [5, 5.41) is 0. The highest BCUT2D eigenvalue weighted by Gasteiger charge is 2.28. The summed E-state index contributed by atoms with van der Waals surface area (Å²) in [6.07, 6.45) is 1.72. The van der Waals surface area contributed by atoms with Crippen LogP contribution in [-0.4, -0.2) is 22.6 Å². The Kier molecular flexibility index (Phi) is 2.82. The minimum Gasteiger partial charge on any atom is -0.469 e. The van der Waals surface area contributed by atoms with E-state index in [0.717, 1.165) is 23.3 Å². The molecule has 0 radical (unpaired) electrons. The Labute approximate surface area is 96.8 Å². The number of hydrogen-bond acceptors (Lipinski definition) is 3. The Morgan fingerprint density at radius 1 is 1.67 bits per heavy atom. The fourth-order valence-electron chi connectivity index (χ4n) is 2.04. The van der Waals surface area contributed by atoms with Crippen molar-refractivity contribution in [3.8, 4) is 0 Å². The van der Waals surface area contributed by atoms with Crippen LogP contribution in [0.25, 0.3) is 0 Å². The summed E-state index contributed by atoms with van der Waals surface area (Å²) >= 11 is 3.43. The van der Waals surface area contributed by atoms with E-state index in [1.54, 1.807) is 0 Å². The van der Waals surface area contributed by atoms with Crippen molar-refractivity contribution in [2.75, 3.05) is 7.11 Å². The maximum atomic E-state index is 11.4. The van der Waals surface area contributed by atoms with Crippen molar-refractivity contribution in [2.24, 2.45) is 5.92 Å². The van der Waals surface area contributed by atoms with E-state index in [1.807, 2.05) is 6.92 Å². The molecule has 1 aromatic rings. The van der Waals surface area contributed by atoms with Gasteiger partial charge in [0.1, 0.15) is 10.4 Å². The third kappa shape index (κ3) is 1.80. The molecular formula is C10H13BrN2O2. The zero-order valence-electron chi connectivity index (χ0n) is 8.79. The molecule has 0 saturated carbocycles. The van der Waals surface area contributed by atoms with E-state index >= 15 is 0 Å². The van der Waals surface area contributed by atoms with Gasteiger partial charge >= 0.3 is 5.97 Å². The summed E-state index contributed by atoms with van der Waals surface area (Å²) in [5.74, 6) is 0.803. The molecule has 82 valence electrons. The number of carbonyl (C=O) groups excluding carboxylic acids is 1. The predicted octanol–water partition coefficient (Wildman–Crippen LogP) is 1.69. The van der Waals surface area contributed by atoms with Gasteiger partial charge in [-0.1, -0.05) is 0 Å². The van der Waals surface area contributed by atoms with Crippen LogP contribution >= 0.6 is 15.9 Å². The standard InChI is InChI=1S/C10H13BrN2O2/c1-6-12-9(11)8-4-3-7(5-13(6)8)10(14)15-2/h7H,3-5H2,1-2H3. The number of methoxy groups -OCH3 is 1. The number of carbonyl (C=O) groups is 1. The van der Waals surface area contributed by atoms with Crippen molar-refractivity contribution in [1.82, 2.24) is 9.55 Å². The summed E-state index contributed by atoms with van der Waals surface area (Å²) in [7, 11) is 1.44. The van der Waals surface area contributed by atoms with Crippen molar-refractivity contribution >= 4 is 21.9 Å². The lowest BCUT2D eigenvalue weighted by Crippen LogP contribution is -2.28. The van der Waals surface area contributed by atoms with Gasteiger partial charge in [0.2, 0.25) is 0 Å². The minimum atomic E-state index is -0.120. The summed E-state index contributed by atoms with van der Waals surface area (Å²) in [6, 6.07) is 0. The fourth-order valence-corrected chi connectivity index (χ4v) is 2.70. The van der Waals surface area contributed by atoms with Crippen LogP contribution in [0, 0.1) is 12.8 Å². The zero-order valence-corrected chi connectivity index (χ0v) is 10.4. The first kappa shape index (κ1) is 10.7. The maximum absolute atomic E-state index is 11.4. The highest BCUT2D eigenvalue weighted by atomic mass is 79.9. The van der Waals surface area contributed by atoms with Crippen LogP contribution in [0.15, 0.2) is 4.60 Å². The smallest absolute Gasteiger partial charge is 0.310 e. The molecule has 1 aliphatic heterocycles. The second-order valence-corrected chi connectivity index (χ2v) is 4.52. The number of fused-ring (bicyclic) bond motifs is 1. The van der Waals surface area contributed by atoms with E-state index in [9.17, 15) is 4.79 Å². The number of esters is 1. The predicted molar refractivity (Wildman–Crippen MR) is 58.5 cm³/mol. The van der Waals surface area contributed by atoms with E-state index in [-0.39, 0.29) is 11.9 Å². The maximum Gasteiger partial charge on any atom is 0.310 e. The van der Waals surface area contributed by atoms with Crippen LogP contribution in [0.4, 0.5) is 0 Å². The third-order valence-corrected chi connectivity index (χ3v) is 3.52. The second-order valence-electron chi connectivity index (χ2n) is 3.77. The first-order valence-electron chi connectivity index (χ1n) is 4.92. The van der Waals surface area contributed by atoms with Crippen LogP contribution < -0.4 is 0 Å². The highest BCUT2D eigenvalue weighted by molar-refractivity contribution is 9.10. The van der Waals surface area contributed by atoms with E-state index in [0.29, 0.717) is 6.54 Å². The van der Waals surface area contributed by atoms with Crippen LogP contribution in [0.5, 0.6) is 0 Å². The summed E-state index contributed by atoms with van der Waals surface area (Å²) in [6.45, 7) is 2.64. The van der Waals surface area contributed by atoms with E-state index in [1.165, 1.54) is 12.8 Å². The molecule has 15 heavy (non-hydrogen) atoms. The molecule has 0 bridgehead atoms. The lowest BCUT2D eigenvalue weighted by atomic mass is 9.98. The first-order valence-corrected chi connectivity index (χ1v) is 5.72. The SMILES string of the molecule is COC(=O)C1CCc2c(Br)nc(C)n2C1. The molecule has 2 heterocycles. The number of ether oxygens (including phenoxy) is 1. The van der Waals surface area contributed by atoms with E-state index in [4.69, 9.17) is 4.74 Å². The number of aromatic nitrogens is 2. The summed E-state index contributed by atoms with van der Waals surface area (Å²) in [5.41, 5.74) is 1.19. The second kappa shape index (κ2) is 3.96. The lowest BCUT2D eigenvalue weighted by molar-refractivity contribution is -0.146. The molecule has 0 amide bonds. The highest BCUT2D eigenvalue weighted by Crippen LogP contribution is 2.27. The number of imidazole rings is 1. The Bertz CT molecular complexity index is 400. The van der Waals surface area contributed by atoms with Crippen molar-refractivity contribution in [3.63, 3.8) is 0 Å². The minimum absolute atomic E-state index is 0.0256. The quantitative estimate of drug-likeness (QED) is 0.731. The van der Waals surface area contributed by atoms with Gasteiger partial charge in [0.05, 0.1) is 18.7 Å². The molecule has 1 aromatic heterocycles. The van der Waals surface area contributed by atoms with E-state index < -0.39 is 0 Å². The van der Waals surface area contributed by atoms with Gasteiger partial charge in [-0.15, -0.1) is 0 Å².